The molecule has 338 valence electrons. The van der Waals surface area contributed by atoms with Gasteiger partial charge < -0.3 is 30.4 Å². The Morgan fingerprint density at radius 1 is 0.647 bits per heavy atom. The number of amides is 4. The Hall–Kier alpha value is -9.34. The van der Waals surface area contributed by atoms with E-state index in [2.05, 4.69) is 55.7 Å². The molecule has 0 bridgehead atoms. The van der Waals surface area contributed by atoms with E-state index in [0.717, 1.165) is 11.1 Å². The minimum Gasteiger partial charge on any atom is -0.345 e. The molecule has 10 rings (SSSR count). The lowest BCUT2D eigenvalue weighted by atomic mass is 10.1. The number of fused-ring (bicyclic) bond motifs is 4. The van der Waals surface area contributed by atoms with Gasteiger partial charge in [0.2, 0.25) is 11.8 Å². The summed E-state index contributed by atoms with van der Waals surface area (Å²) in [5.41, 5.74) is 7.65. The second-order valence-electron chi connectivity index (χ2n) is 16.0. The minimum absolute atomic E-state index is 0.0535. The van der Waals surface area contributed by atoms with E-state index in [1.54, 1.807) is 95.2 Å². The van der Waals surface area contributed by atoms with Gasteiger partial charge in [-0.1, -0.05) is 13.8 Å². The summed E-state index contributed by atoms with van der Waals surface area (Å²) in [6.07, 6.45) is 15.0. The number of hydrogen-bond donors (Lipinski definition) is 5. The molecular formula is C46H40N18O4. The number of anilines is 2. The lowest BCUT2D eigenvalue weighted by molar-refractivity contribution is -0.116. The van der Waals surface area contributed by atoms with Gasteiger partial charge in [0.1, 0.15) is 34.9 Å². The Morgan fingerprint density at radius 3 is 2.00 bits per heavy atom. The molecule has 0 aliphatic carbocycles. The molecule has 0 aliphatic heterocycles. The van der Waals surface area contributed by atoms with Gasteiger partial charge in [-0.2, -0.15) is 10.2 Å². The van der Waals surface area contributed by atoms with Crippen LogP contribution in [0.15, 0.2) is 86.1 Å². The maximum atomic E-state index is 14.4. The summed E-state index contributed by atoms with van der Waals surface area (Å²) in [4.78, 5) is 97.6. The maximum absolute atomic E-state index is 14.4. The number of aromatic nitrogens is 14. The van der Waals surface area contributed by atoms with E-state index in [1.165, 1.54) is 22.2 Å². The van der Waals surface area contributed by atoms with Gasteiger partial charge in [-0.25, -0.2) is 29.6 Å². The smallest absolute Gasteiger partial charge is 0.258 e. The average molecular weight is 909 g/mol. The van der Waals surface area contributed by atoms with Gasteiger partial charge in [-0.05, 0) is 30.3 Å². The highest BCUT2D eigenvalue weighted by atomic mass is 16.2. The van der Waals surface area contributed by atoms with Crippen LogP contribution >= 0.6 is 0 Å². The first-order valence-electron chi connectivity index (χ1n) is 21.3. The summed E-state index contributed by atoms with van der Waals surface area (Å²) in [6, 6.07) is 9.18. The first kappa shape index (κ1) is 42.6. The summed E-state index contributed by atoms with van der Waals surface area (Å²) < 4.78 is 1.59. The molecule has 22 heteroatoms. The van der Waals surface area contributed by atoms with Crippen molar-refractivity contribution < 1.29 is 19.2 Å². The first-order chi connectivity index (χ1) is 33.0. The van der Waals surface area contributed by atoms with E-state index >= 15 is 0 Å². The molecule has 0 spiro atoms. The number of imidazole rings is 2. The Balaban J connectivity index is 0.987. The van der Waals surface area contributed by atoms with Crippen LogP contribution in [-0.2, 0) is 16.3 Å². The van der Waals surface area contributed by atoms with Crippen molar-refractivity contribution >= 4 is 79.3 Å². The number of carbonyl (C=O) groups excluding carboxylic acids is 4. The van der Waals surface area contributed by atoms with Crippen LogP contribution in [0.25, 0.3) is 89.4 Å². The van der Waals surface area contributed by atoms with Crippen molar-refractivity contribution in [1.82, 2.24) is 79.6 Å². The average Bonchev–Trinajstić information content (AvgIpc) is 4.17. The summed E-state index contributed by atoms with van der Waals surface area (Å²) in [5, 5.41) is 19.3. The van der Waals surface area contributed by atoms with E-state index in [9.17, 15) is 19.2 Å². The number of H-pyrrole nitrogens is 3. The molecule has 0 unspecified atom stereocenters. The highest BCUT2D eigenvalue weighted by Gasteiger charge is 2.25. The molecule has 10 aromatic heterocycles. The Morgan fingerprint density at radius 2 is 1.28 bits per heavy atom. The Kier molecular flexibility index (Phi) is 10.8. The summed E-state index contributed by atoms with van der Waals surface area (Å²) in [5.74, 6) is 0.261. The minimum atomic E-state index is -0.397. The number of aromatic amines is 3. The highest BCUT2D eigenvalue weighted by molar-refractivity contribution is 6.06. The number of rotatable bonds is 12. The van der Waals surface area contributed by atoms with Crippen molar-refractivity contribution in [3.05, 3.63) is 97.2 Å². The molecule has 0 aromatic carbocycles. The first-order valence-corrected chi connectivity index (χ1v) is 21.3. The van der Waals surface area contributed by atoms with Gasteiger partial charge in [-0.15, -0.1) is 0 Å². The third-order valence-electron chi connectivity index (χ3n) is 11.2. The molecule has 4 amide bonds. The molecule has 10 heterocycles. The van der Waals surface area contributed by atoms with Crippen molar-refractivity contribution in [3.8, 4) is 45.3 Å². The van der Waals surface area contributed by atoms with Gasteiger partial charge >= 0.3 is 0 Å². The molecule has 0 aliphatic rings. The van der Waals surface area contributed by atoms with E-state index in [-0.39, 0.29) is 30.0 Å². The third kappa shape index (κ3) is 7.84. The van der Waals surface area contributed by atoms with E-state index in [0.29, 0.717) is 108 Å². The molecule has 0 fully saturated rings. The largest absolute Gasteiger partial charge is 0.345 e. The summed E-state index contributed by atoms with van der Waals surface area (Å²) in [7, 11) is 4.95. The predicted octanol–water partition coefficient (Wildman–Crippen LogP) is 5.83. The summed E-state index contributed by atoms with van der Waals surface area (Å²) in [6.45, 7) is 3.48. The molecule has 0 radical (unpaired) electrons. The van der Waals surface area contributed by atoms with Crippen LogP contribution in [-0.4, -0.2) is 124 Å². The standard InChI is InChI=1S/C46H40N18O4/c1-6-35(65)53-27-10-24(13-47-17-27)26-12-29-40(43-55-32-20-48-18-30(37(32)58-43)45(67)62(3)4)61-64(44(29)52-16-26)22-63(5)46(68)31-19-49-21-33-38(31)57-42(54-33)39-28-11-25(15-51-41(28)60-59-39)23-8-9-34(50-14-23)56-36(66)7-2/h8-21H,6-7,22H2,1-5H3,(H,53,65)(H,54,57)(H,55,58)(H,50,56,66)(H,51,59,60). The normalized spacial score (nSPS) is 11.4. The van der Waals surface area contributed by atoms with Gasteiger partial charge in [0.15, 0.2) is 22.9 Å². The number of nitrogens with one attached hydrogen (secondary N) is 5. The van der Waals surface area contributed by atoms with Crippen LogP contribution < -0.4 is 10.6 Å². The second-order valence-corrected chi connectivity index (χ2v) is 16.0. The Bertz CT molecular complexity index is 3630. The van der Waals surface area contributed by atoms with Crippen molar-refractivity contribution in [2.45, 2.75) is 33.4 Å². The molecule has 22 nitrogen and oxygen atoms in total. The lowest BCUT2D eigenvalue weighted by Crippen LogP contribution is -2.30. The van der Waals surface area contributed by atoms with Gasteiger partial charge in [-0.3, -0.25) is 39.2 Å². The molecule has 0 saturated carbocycles. The van der Waals surface area contributed by atoms with Crippen LogP contribution in [0.1, 0.15) is 47.4 Å². The monoisotopic (exact) mass is 908 g/mol. The quantitative estimate of drug-likeness (QED) is 0.0965. The zero-order valence-electron chi connectivity index (χ0n) is 37.2. The third-order valence-corrected chi connectivity index (χ3v) is 11.2. The van der Waals surface area contributed by atoms with Gasteiger partial charge in [0.05, 0.1) is 57.2 Å². The number of carbonyl (C=O) groups is 4. The second kappa shape index (κ2) is 17.2. The summed E-state index contributed by atoms with van der Waals surface area (Å²) >= 11 is 0. The fraction of sp³-hybridized carbons (Fsp3) is 0.174. The van der Waals surface area contributed by atoms with Crippen molar-refractivity contribution in [2.24, 2.45) is 0 Å². The van der Waals surface area contributed by atoms with Crippen LogP contribution in [0.4, 0.5) is 11.5 Å². The van der Waals surface area contributed by atoms with Crippen molar-refractivity contribution in [2.75, 3.05) is 31.8 Å². The molecule has 0 saturated heterocycles. The predicted molar refractivity (Wildman–Crippen MR) is 252 cm³/mol. The fourth-order valence-corrected chi connectivity index (χ4v) is 7.64. The lowest BCUT2D eigenvalue weighted by Gasteiger charge is -2.17. The molecule has 0 atom stereocenters. The zero-order valence-corrected chi connectivity index (χ0v) is 37.2. The molecular weight excluding hydrogens is 869 g/mol. The van der Waals surface area contributed by atoms with Crippen molar-refractivity contribution in [1.29, 1.82) is 0 Å². The van der Waals surface area contributed by atoms with E-state index in [1.807, 2.05) is 18.2 Å². The SMILES string of the molecule is CCC(=O)Nc1cncc(-c2cnc3c(c2)c(-c2nc4c(C(=O)N(C)C)cncc4[nH]2)nn3CN(C)C(=O)c2cncc3[nH]c(-c4[nH]nc5ncc(-c6ccc(NC(=O)CC)nc6)cc45)nc23)c1. The topological polar surface area (TPSA) is 280 Å². The van der Waals surface area contributed by atoms with Crippen LogP contribution in [0.5, 0.6) is 0 Å². The van der Waals surface area contributed by atoms with Crippen LogP contribution in [0.3, 0.4) is 0 Å². The number of nitrogens with zero attached hydrogens (tertiary/aromatic N) is 13. The maximum Gasteiger partial charge on any atom is 0.258 e. The van der Waals surface area contributed by atoms with E-state index < -0.39 is 5.91 Å². The molecule has 68 heavy (non-hydrogen) atoms. The Labute approximate surface area is 384 Å². The zero-order chi connectivity index (χ0) is 47.2. The van der Waals surface area contributed by atoms with E-state index in [4.69, 9.17) is 20.1 Å². The fourth-order valence-electron chi connectivity index (χ4n) is 7.64. The molecule has 5 N–H and O–H groups in total. The molecule has 10 aromatic rings. The van der Waals surface area contributed by atoms with Gasteiger partial charge in [0, 0.05) is 93.4 Å². The van der Waals surface area contributed by atoms with Crippen LogP contribution in [0.2, 0.25) is 0 Å². The number of hydrogen-bond acceptors (Lipinski definition) is 14. The highest BCUT2D eigenvalue weighted by Crippen LogP contribution is 2.33. The number of pyridine rings is 6. The van der Waals surface area contributed by atoms with Crippen LogP contribution in [0, 0.1) is 0 Å². The van der Waals surface area contributed by atoms with Gasteiger partial charge in [0.25, 0.3) is 11.8 Å². The van der Waals surface area contributed by atoms with Crippen molar-refractivity contribution in [3.63, 3.8) is 0 Å².